The summed E-state index contributed by atoms with van der Waals surface area (Å²) in [5, 5.41) is 2.90. The van der Waals surface area contributed by atoms with E-state index < -0.39 is 6.10 Å². The van der Waals surface area contributed by atoms with Crippen molar-refractivity contribution in [2.75, 3.05) is 46.5 Å². The summed E-state index contributed by atoms with van der Waals surface area (Å²) in [7, 11) is 1.60. The monoisotopic (exact) mass is 308 g/mol. The lowest BCUT2D eigenvalue weighted by Crippen LogP contribution is -2.43. The van der Waals surface area contributed by atoms with Gasteiger partial charge in [-0.25, -0.2) is 0 Å². The Morgan fingerprint density at radius 3 is 2.82 bits per heavy atom. The molecule has 1 fully saturated rings. The Kier molecular flexibility index (Phi) is 6.48. The van der Waals surface area contributed by atoms with Crippen molar-refractivity contribution in [2.24, 2.45) is 0 Å². The zero-order chi connectivity index (χ0) is 15.8. The smallest absolute Gasteiger partial charge is 0.260 e. The van der Waals surface area contributed by atoms with Crippen molar-refractivity contribution in [1.82, 2.24) is 10.2 Å². The van der Waals surface area contributed by atoms with E-state index in [1.54, 1.807) is 26.2 Å². The molecule has 0 aromatic heterocycles. The highest BCUT2D eigenvalue weighted by Crippen LogP contribution is 2.19. The number of nitrogens with zero attached hydrogens (tertiary/aromatic N) is 1. The lowest BCUT2D eigenvalue weighted by Gasteiger charge is -2.26. The number of ether oxygens (including phenoxy) is 3. The van der Waals surface area contributed by atoms with Crippen molar-refractivity contribution in [1.29, 1.82) is 0 Å². The van der Waals surface area contributed by atoms with Crippen LogP contribution in [0.1, 0.15) is 6.92 Å². The SMILES string of the molecule is COc1cccc(O[C@@H](C)C(=O)NCCN2CCOCC2)c1. The van der Waals surface area contributed by atoms with E-state index in [0.29, 0.717) is 18.0 Å². The maximum Gasteiger partial charge on any atom is 0.260 e. The van der Waals surface area contributed by atoms with Crippen LogP contribution in [-0.2, 0) is 9.53 Å². The number of amides is 1. The van der Waals surface area contributed by atoms with Gasteiger partial charge in [0.2, 0.25) is 0 Å². The van der Waals surface area contributed by atoms with E-state index in [0.717, 1.165) is 32.8 Å². The van der Waals surface area contributed by atoms with Crippen molar-refractivity contribution in [3.8, 4) is 11.5 Å². The van der Waals surface area contributed by atoms with Gasteiger partial charge in [-0.05, 0) is 19.1 Å². The minimum absolute atomic E-state index is 0.115. The molecule has 0 spiro atoms. The lowest BCUT2D eigenvalue weighted by atomic mass is 10.3. The Balaban J connectivity index is 1.71. The Hall–Kier alpha value is -1.79. The zero-order valence-corrected chi connectivity index (χ0v) is 13.2. The van der Waals surface area contributed by atoms with Crippen LogP contribution in [0, 0.1) is 0 Å². The van der Waals surface area contributed by atoms with Crippen LogP contribution in [0.4, 0.5) is 0 Å². The van der Waals surface area contributed by atoms with Gasteiger partial charge in [0.1, 0.15) is 11.5 Å². The predicted octanol–water partition coefficient (Wildman–Crippen LogP) is 0.911. The Morgan fingerprint density at radius 2 is 2.09 bits per heavy atom. The predicted molar refractivity (Wildman–Crippen MR) is 83.4 cm³/mol. The molecule has 1 heterocycles. The zero-order valence-electron chi connectivity index (χ0n) is 13.2. The van der Waals surface area contributed by atoms with Gasteiger partial charge in [0, 0.05) is 32.2 Å². The van der Waals surface area contributed by atoms with Gasteiger partial charge >= 0.3 is 0 Å². The quantitative estimate of drug-likeness (QED) is 0.811. The van der Waals surface area contributed by atoms with Crippen molar-refractivity contribution in [3.63, 3.8) is 0 Å². The molecule has 0 bridgehead atoms. The molecule has 1 aromatic carbocycles. The fraction of sp³-hybridized carbons (Fsp3) is 0.562. The molecule has 0 saturated carbocycles. The van der Waals surface area contributed by atoms with E-state index in [4.69, 9.17) is 14.2 Å². The van der Waals surface area contributed by atoms with Gasteiger partial charge in [-0.15, -0.1) is 0 Å². The van der Waals surface area contributed by atoms with Gasteiger partial charge in [-0.3, -0.25) is 9.69 Å². The minimum atomic E-state index is -0.545. The molecule has 0 aliphatic carbocycles. The Labute approximate surface area is 131 Å². The molecule has 122 valence electrons. The van der Waals surface area contributed by atoms with E-state index in [-0.39, 0.29) is 5.91 Å². The molecule has 1 aliphatic heterocycles. The van der Waals surface area contributed by atoms with Crippen LogP contribution >= 0.6 is 0 Å². The van der Waals surface area contributed by atoms with Crippen molar-refractivity contribution >= 4 is 5.91 Å². The first kappa shape index (κ1) is 16.6. The summed E-state index contributed by atoms with van der Waals surface area (Å²) in [6.45, 7) is 6.57. The third-order valence-electron chi connectivity index (χ3n) is 3.55. The molecule has 1 aliphatic rings. The molecule has 0 unspecified atom stereocenters. The van der Waals surface area contributed by atoms with Crippen LogP contribution in [0.3, 0.4) is 0 Å². The third kappa shape index (κ3) is 5.20. The fourth-order valence-corrected chi connectivity index (χ4v) is 2.24. The number of benzene rings is 1. The number of morpholine rings is 1. The number of carbonyl (C=O) groups is 1. The molecule has 6 heteroatoms. The fourth-order valence-electron chi connectivity index (χ4n) is 2.24. The molecular weight excluding hydrogens is 284 g/mol. The number of hydrogen-bond donors (Lipinski definition) is 1. The largest absolute Gasteiger partial charge is 0.497 e. The summed E-state index contributed by atoms with van der Waals surface area (Å²) in [4.78, 5) is 14.3. The second-order valence-electron chi connectivity index (χ2n) is 5.18. The first-order valence-electron chi connectivity index (χ1n) is 7.57. The number of hydrogen-bond acceptors (Lipinski definition) is 5. The minimum Gasteiger partial charge on any atom is -0.497 e. The molecule has 1 aromatic rings. The van der Waals surface area contributed by atoms with Gasteiger partial charge in [-0.1, -0.05) is 6.07 Å². The normalized spacial score (nSPS) is 16.8. The molecule has 22 heavy (non-hydrogen) atoms. The summed E-state index contributed by atoms with van der Waals surface area (Å²) in [5.41, 5.74) is 0. The van der Waals surface area contributed by atoms with E-state index >= 15 is 0 Å². The second-order valence-corrected chi connectivity index (χ2v) is 5.18. The van der Waals surface area contributed by atoms with Crippen molar-refractivity contribution in [2.45, 2.75) is 13.0 Å². The van der Waals surface area contributed by atoms with Gasteiger partial charge in [-0.2, -0.15) is 0 Å². The maximum atomic E-state index is 12.0. The van der Waals surface area contributed by atoms with Crippen molar-refractivity contribution in [3.05, 3.63) is 24.3 Å². The summed E-state index contributed by atoms with van der Waals surface area (Å²) in [6.07, 6.45) is -0.545. The number of nitrogens with one attached hydrogen (secondary N) is 1. The molecule has 0 radical (unpaired) electrons. The third-order valence-corrected chi connectivity index (χ3v) is 3.55. The molecule has 1 N–H and O–H groups in total. The maximum absolute atomic E-state index is 12.0. The molecule has 2 rings (SSSR count). The van der Waals surface area contributed by atoms with Crippen LogP contribution in [0.25, 0.3) is 0 Å². The molecule has 1 saturated heterocycles. The highest BCUT2D eigenvalue weighted by atomic mass is 16.5. The standard InChI is InChI=1S/C16H24N2O4/c1-13(22-15-5-3-4-14(12-15)20-2)16(19)17-6-7-18-8-10-21-11-9-18/h3-5,12-13H,6-11H2,1-2H3,(H,17,19)/t13-/m0/s1. The van der Waals surface area contributed by atoms with Crippen LogP contribution in [0.5, 0.6) is 11.5 Å². The van der Waals surface area contributed by atoms with Crippen LogP contribution in [-0.4, -0.2) is 63.4 Å². The first-order valence-corrected chi connectivity index (χ1v) is 7.57. The van der Waals surface area contributed by atoms with Crippen LogP contribution in [0.15, 0.2) is 24.3 Å². The van der Waals surface area contributed by atoms with E-state index in [2.05, 4.69) is 10.2 Å². The van der Waals surface area contributed by atoms with Crippen molar-refractivity contribution < 1.29 is 19.0 Å². The summed E-state index contributed by atoms with van der Waals surface area (Å²) in [5.74, 6) is 1.21. The molecular formula is C16H24N2O4. The molecule has 6 nitrogen and oxygen atoms in total. The van der Waals surface area contributed by atoms with Crippen LogP contribution in [0.2, 0.25) is 0 Å². The Bertz CT molecular complexity index is 475. The Morgan fingerprint density at radius 1 is 1.36 bits per heavy atom. The van der Waals surface area contributed by atoms with E-state index in [9.17, 15) is 4.79 Å². The van der Waals surface area contributed by atoms with Gasteiger partial charge < -0.3 is 19.5 Å². The second kappa shape index (κ2) is 8.60. The first-order chi connectivity index (χ1) is 10.7. The number of carbonyl (C=O) groups excluding carboxylic acids is 1. The molecule has 1 amide bonds. The summed E-state index contributed by atoms with van der Waals surface area (Å²) >= 11 is 0. The van der Waals surface area contributed by atoms with E-state index in [1.807, 2.05) is 12.1 Å². The number of rotatable bonds is 7. The molecule has 1 atom stereocenters. The number of methoxy groups -OCH3 is 1. The highest BCUT2D eigenvalue weighted by Gasteiger charge is 2.15. The van der Waals surface area contributed by atoms with Gasteiger partial charge in [0.25, 0.3) is 5.91 Å². The van der Waals surface area contributed by atoms with Gasteiger partial charge in [0.05, 0.1) is 20.3 Å². The summed E-state index contributed by atoms with van der Waals surface area (Å²) < 4.78 is 16.1. The highest BCUT2D eigenvalue weighted by molar-refractivity contribution is 5.80. The van der Waals surface area contributed by atoms with Gasteiger partial charge in [0.15, 0.2) is 6.10 Å². The van der Waals surface area contributed by atoms with E-state index in [1.165, 1.54) is 0 Å². The average Bonchev–Trinajstić information content (AvgIpc) is 2.56. The topological polar surface area (TPSA) is 60.0 Å². The average molecular weight is 308 g/mol. The lowest BCUT2D eigenvalue weighted by molar-refractivity contribution is -0.127. The summed E-state index contributed by atoms with van der Waals surface area (Å²) in [6, 6.07) is 7.23. The van der Waals surface area contributed by atoms with Crippen LogP contribution < -0.4 is 14.8 Å².